The summed E-state index contributed by atoms with van der Waals surface area (Å²) in [6, 6.07) is 16.0. The summed E-state index contributed by atoms with van der Waals surface area (Å²) in [4.78, 5) is 0. The van der Waals surface area contributed by atoms with Gasteiger partial charge in [0.25, 0.3) is 0 Å². The van der Waals surface area contributed by atoms with Crippen LogP contribution in [0.2, 0.25) is 0 Å². The summed E-state index contributed by atoms with van der Waals surface area (Å²) in [6.07, 6.45) is 4.14. The van der Waals surface area contributed by atoms with Gasteiger partial charge >= 0.3 is 0 Å². The van der Waals surface area contributed by atoms with Gasteiger partial charge in [0.05, 0.1) is 0 Å². The number of nitrogen functional groups attached to an aromatic ring is 1. The molecule has 0 spiro atoms. The summed E-state index contributed by atoms with van der Waals surface area (Å²) in [5, 5.41) is 0. The summed E-state index contributed by atoms with van der Waals surface area (Å²) < 4.78 is 0. The molecule has 2 aromatic rings. The van der Waals surface area contributed by atoms with Crippen LogP contribution < -0.4 is 11.5 Å². The minimum Gasteiger partial charge on any atom is -0.399 e. The average Bonchev–Trinajstić information content (AvgIpc) is 2.39. The Hall–Kier alpha value is -2.06. The summed E-state index contributed by atoms with van der Waals surface area (Å²) in [6.45, 7) is 0.585. The van der Waals surface area contributed by atoms with Crippen LogP contribution >= 0.6 is 0 Å². The fraction of sp³-hybridized carbons (Fsp3) is 0.0667. The van der Waals surface area contributed by atoms with Crippen molar-refractivity contribution in [1.82, 2.24) is 0 Å². The molecule has 2 aromatic carbocycles. The van der Waals surface area contributed by atoms with Crippen LogP contribution in [0.1, 0.15) is 16.7 Å². The Morgan fingerprint density at radius 1 is 0.765 bits per heavy atom. The largest absolute Gasteiger partial charge is 0.399 e. The molecule has 0 unspecified atom stereocenters. The van der Waals surface area contributed by atoms with Crippen LogP contribution in [0, 0.1) is 0 Å². The van der Waals surface area contributed by atoms with Crippen LogP contribution in [-0.4, -0.2) is 0 Å². The fourth-order valence-corrected chi connectivity index (χ4v) is 1.56. The molecule has 0 bridgehead atoms. The monoisotopic (exact) mass is 224 g/mol. The molecule has 0 aliphatic carbocycles. The highest BCUT2D eigenvalue weighted by Gasteiger charge is 1.90. The van der Waals surface area contributed by atoms with Gasteiger partial charge in [-0.1, -0.05) is 48.6 Å². The molecule has 0 radical (unpaired) electrons. The molecule has 0 saturated carbocycles. The zero-order valence-electron chi connectivity index (χ0n) is 9.64. The molecule has 0 amide bonds. The lowest BCUT2D eigenvalue weighted by Crippen LogP contribution is -1.94. The van der Waals surface area contributed by atoms with Crippen molar-refractivity contribution in [2.45, 2.75) is 6.54 Å². The van der Waals surface area contributed by atoms with Gasteiger partial charge in [0, 0.05) is 12.2 Å². The molecule has 2 heteroatoms. The molecule has 0 atom stereocenters. The highest BCUT2D eigenvalue weighted by molar-refractivity contribution is 5.70. The van der Waals surface area contributed by atoms with Gasteiger partial charge in [-0.2, -0.15) is 0 Å². The molecule has 2 nitrogen and oxygen atoms in total. The molecule has 86 valence electrons. The van der Waals surface area contributed by atoms with E-state index in [2.05, 4.69) is 24.3 Å². The smallest absolute Gasteiger partial charge is 0.0314 e. The van der Waals surface area contributed by atoms with Gasteiger partial charge in [0.15, 0.2) is 0 Å². The summed E-state index contributed by atoms with van der Waals surface area (Å²) in [7, 11) is 0. The second-order valence-corrected chi connectivity index (χ2v) is 3.95. The van der Waals surface area contributed by atoms with E-state index in [9.17, 15) is 0 Å². The maximum absolute atomic E-state index is 5.63. The van der Waals surface area contributed by atoms with E-state index in [-0.39, 0.29) is 0 Å². The second-order valence-electron chi connectivity index (χ2n) is 3.95. The predicted octanol–water partition coefficient (Wildman–Crippen LogP) is 2.90. The number of benzene rings is 2. The van der Waals surface area contributed by atoms with Crippen molar-refractivity contribution in [3.8, 4) is 0 Å². The van der Waals surface area contributed by atoms with E-state index in [1.165, 1.54) is 5.56 Å². The average molecular weight is 224 g/mol. The van der Waals surface area contributed by atoms with E-state index in [0.717, 1.165) is 16.8 Å². The normalized spacial score (nSPS) is 10.9. The first kappa shape index (κ1) is 11.4. The van der Waals surface area contributed by atoms with E-state index in [4.69, 9.17) is 11.5 Å². The molecular formula is C15H16N2. The summed E-state index contributed by atoms with van der Waals surface area (Å²) in [5.74, 6) is 0. The number of nitrogens with two attached hydrogens (primary N) is 2. The lowest BCUT2D eigenvalue weighted by Gasteiger charge is -1.98. The van der Waals surface area contributed by atoms with Gasteiger partial charge in [-0.3, -0.25) is 0 Å². The lowest BCUT2D eigenvalue weighted by atomic mass is 10.1. The van der Waals surface area contributed by atoms with Gasteiger partial charge in [-0.25, -0.2) is 0 Å². The van der Waals surface area contributed by atoms with Crippen LogP contribution in [0.25, 0.3) is 12.2 Å². The van der Waals surface area contributed by atoms with Crippen molar-refractivity contribution in [2.75, 3.05) is 5.73 Å². The van der Waals surface area contributed by atoms with E-state index in [1.54, 1.807) is 0 Å². The topological polar surface area (TPSA) is 52.0 Å². The molecule has 4 N–H and O–H groups in total. The Morgan fingerprint density at radius 3 is 1.71 bits per heavy atom. The van der Waals surface area contributed by atoms with E-state index in [0.29, 0.717) is 6.54 Å². The second kappa shape index (κ2) is 5.32. The first-order chi connectivity index (χ1) is 8.28. The SMILES string of the molecule is NCc1ccc(/C=C/c2ccc(N)cc2)cc1. The van der Waals surface area contributed by atoms with E-state index < -0.39 is 0 Å². The third kappa shape index (κ3) is 3.20. The van der Waals surface area contributed by atoms with Crippen LogP contribution in [-0.2, 0) is 6.54 Å². The fourth-order valence-electron chi connectivity index (χ4n) is 1.56. The Labute approximate surface area is 102 Å². The highest BCUT2D eigenvalue weighted by atomic mass is 14.5. The lowest BCUT2D eigenvalue weighted by molar-refractivity contribution is 1.07. The summed E-state index contributed by atoms with van der Waals surface area (Å²) in [5.41, 5.74) is 15.4. The molecular weight excluding hydrogens is 208 g/mol. The van der Waals surface area contributed by atoms with Crippen LogP contribution in [0.4, 0.5) is 5.69 Å². The molecule has 17 heavy (non-hydrogen) atoms. The standard InChI is InChI=1S/C15H16N2/c16-11-14-5-3-12(4-6-14)1-2-13-7-9-15(17)10-8-13/h1-10H,11,16-17H2/b2-1+. The van der Waals surface area contributed by atoms with Gasteiger partial charge < -0.3 is 11.5 Å². The zero-order valence-corrected chi connectivity index (χ0v) is 9.64. The number of hydrogen-bond acceptors (Lipinski definition) is 2. The minimum absolute atomic E-state index is 0.585. The van der Waals surface area contributed by atoms with Gasteiger partial charge in [-0.15, -0.1) is 0 Å². The van der Waals surface area contributed by atoms with Crippen molar-refractivity contribution < 1.29 is 0 Å². The Bertz CT molecular complexity index is 495. The first-order valence-corrected chi connectivity index (χ1v) is 5.60. The quantitative estimate of drug-likeness (QED) is 0.622. The van der Waals surface area contributed by atoms with Crippen LogP contribution in [0.3, 0.4) is 0 Å². The Balaban J connectivity index is 2.11. The van der Waals surface area contributed by atoms with Crippen LogP contribution in [0.5, 0.6) is 0 Å². The Kier molecular flexibility index (Phi) is 3.58. The van der Waals surface area contributed by atoms with Crippen molar-refractivity contribution in [2.24, 2.45) is 5.73 Å². The molecule has 0 heterocycles. The third-order valence-corrected chi connectivity index (χ3v) is 2.62. The molecule has 0 aliphatic heterocycles. The third-order valence-electron chi connectivity index (χ3n) is 2.62. The van der Waals surface area contributed by atoms with Gasteiger partial charge in [0.2, 0.25) is 0 Å². The number of anilines is 1. The maximum Gasteiger partial charge on any atom is 0.0314 e. The van der Waals surface area contributed by atoms with Gasteiger partial charge in [-0.05, 0) is 28.8 Å². The molecule has 0 saturated heterocycles. The van der Waals surface area contributed by atoms with Crippen molar-refractivity contribution >= 4 is 17.8 Å². The maximum atomic E-state index is 5.63. The molecule has 0 aliphatic rings. The minimum atomic E-state index is 0.585. The van der Waals surface area contributed by atoms with E-state index >= 15 is 0 Å². The van der Waals surface area contributed by atoms with Crippen molar-refractivity contribution in [1.29, 1.82) is 0 Å². The predicted molar refractivity (Wildman–Crippen MR) is 74.1 cm³/mol. The molecule has 0 fully saturated rings. The van der Waals surface area contributed by atoms with Crippen molar-refractivity contribution in [3.05, 3.63) is 65.2 Å². The van der Waals surface area contributed by atoms with Gasteiger partial charge in [0.1, 0.15) is 0 Å². The molecule has 2 rings (SSSR count). The zero-order chi connectivity index (χ0) is 12.1. The molecule has 0 aromatic heterocycles. The first-order valence-electron chi connectivity index (χ1n) is 5.60. The van der Waals surface area contributed by atoms with Crippen molar-refractivity contribution in [3.63, 3.8) is 0 Å². The number of rotatable bonds is 3. The Morgan fingerprint density at radius 2 is 1.24 bits per heavy atom. The summed E-state index contributed by atoms with van der Waals surface area (Å²) >= 11 is 0. The number of hydrogen-bond donors (Lipinski definition) is 2. The highest BCUT2D eigenvalue weighted by Crippen LogP contribution is 2.11. The van der Waals surface area contributed by atoms with E-state index in [1.807, 2.05) is 36.4 Å². The van der Waals surface area contributed by atoms with Crippen LogP contribution in [0.15, 0.2) is 48.5 Å².